The number of benzene rings is 2. The average molecular weight is 520 g/mol. The Kier molecular flexibility index (Phi) is 8.39. The van der Waals surface area contributed by atoms with Crippen molar-refractivity contribution in [2.45, 2.75) is 26.1 Å². The molecule has 10 heteroatoms. The van der Waals surface area contributed by atoms with Crippen molar-refractivity contribution in [3.05, 3.63) is 56.5 Å². The second-order valence-corrected chi connectivity index (χ2v) is 9.01. The topological polar surface area (TPSA) is 59.1 Å². The summed E-state index contributed by atoms with van der Waals surface area (Å²) in [4.78, 5) is 28.9. The van der Waals surface area contributed by atoms with Crippen LogP contribution < -0.4 is 9.47 Å². The highest BCUT2D eigenvalue weighted by Gasteiger charge is 2.30. The van der Waals surface area contributed by atoms with E-state index in [0.29, 0.717) is 57.8 Å². The summed E-state index contributed by atoms with van der Waals surface area (Å²) in [6, 6.07) is 9.65. The van der Waals surface area contributed by atoms with Gasteiger partial charge in [0, 0.05) is 36.2 Å². The maximum absolute atomic E-state index is 12.8. The Morgan fingerprint density at radius 2 is 1.06 bits per heavy atom. The number of ether oxygens (including phenoxy) is 2. The molecule has 0 aromatic heterocycles. The Balaban J connectivity index is 1.52. The molecule has 2 amide bonds. The number of nitrogens with zero attached hydrogens (tertiary/aromatic N) is 2. The van der Waals surface area contributed by atoms with E-state index in [2.05, 4.69) is 0 Å². The highest BCUT2D eigenvalue weighted by atomic mass is 35.5. The highest BCUT2D eigenvalue weighted by Crippen LogP contribution is 2.29. The minimum atomic E-state index is -0.731. The molecule has 3 rings (SSSR count). The second kappa shape index (κ2) is 10.8. The molecule has 1 aliphatic rings. The molecule has 0 aliphatic carbocycles. The zero-order valence-corrected chi connectivity index (χ0v) is 20.5. The second-order valence-electron chi connectivity index (χ2n) is 7.32. The summed E-state index contributed by atoms with van der Waals surface area (Å²) in [6.45, 7) is 4.89. The van der Waals surface area contributed by atoms with Crippen molar-refractivity contribution in [3.8, 4) is 11.5 Å². The fourth-order valence-corrected chi connectivity index (χ4v) is 4.19. The van der Waals surface area contributed by atoms with Gasteiger partial charge in [-0.25, -0.2) is 0 Å². The van der Waals surface area contributed by atoms with Crippen LogP contribution in [0.5, 0.6) is 11.5 Å². The van der Waals surface area contributed by atoms with Gasteiger partial charge in [-0.05, 0) is 50.2 Å². The Morgan fingerprint density at radius 1 is 0.719 bits per heavy atom. The summed E-state index contributed by atoms with van der Waals surface area (Å²) < 4.78 is 11.4. The van der Waals surface area contributed by atoms with E-state index in [1.807, 2.05) is 0 Å². The van der Waals surface area contributed by atoms with Crippen LogP contribution in [0.15, 0.2) is 36.4 Å². The van der Waals surface area contributed by atoms with Crippen LogP contribution >= 0.6 is 46.4 Å². The van der Waals surface area contributed by atoms with Gasteiger partial charge < -0.3 is 19.3 Å². The molecule has 1 saturated heterocycles. The predicted octanol–water partition coefficient (Wildman–Crippen LogP) is 5.21. The summed E-state index contributed by atoms with van der Waals surface area (Å²) in [5.74, 6) is 0.413. The SMILES string of the molecule is C[C@H](Oc1ccc(Cl)cc1Cl)C(=O)N1CCN(C(=O)[C@@H](C)Oc2ccc(Cl)cc2Cl)CC1. The molecule has 0 unspecified atom stereocenters. The zero-order chi connectivity index (χ0) is 23.4. The fraction of sp³-hybridized carbons (Fsp3) is 0.364. The van der Waals surface area contributed by atoms with Crippen LogP contribution in [0.2, 0.25) is 20.1 Å². The first-order valence-corrected chi connectivity index (χ1v) is 11.5. The minimum absolute atomic E-state index is 0.180. The molecule has 1 aliphatic heterocycles. The van der Waals surface area contributed by atoms with E-state index < -0.39 is 12.2 Å². The molecule has 172 valence electrons. The van der Waals surface area contributed by atoms with Gasteiger partial charge in [0.1, 0.15) is 11.5 Å². The molecule has 0 bridgehead atoms. The van der Waals surface area contributed by atoms with Gasteiger partial charge in [0.25, 0.3) is 11.8 Å². The molecule has 2 aromatic carbocycles. The van der Waals surface area contributed by atoms with E-state index in [-0.39, 0.29) is 11.8 Å². The number of halogens is 4. The molecule has 1 fully saturated rings. The van der Waals surface area contributed by atoms with Crippen molar-refractivity contribution in [3.63, 3.8) is 0 Å². The standard InChI is InChI=1S/C22H22Cl4N2O4/c1-13(31-19-5-3-15(23)11-17(19)25)21(29)27-7-9-28(10-8-27)22(30)14(2)32-20-6-4-16(24)12-18(20)26/h3-6,11-14H,7-10H2,1-2H3/t13-,14+. The Hall–Kier alpha value is -1.86. The number of piperazine rings is 1. The van der Waals surface area contributed by atoms with Gasteiger partial charge in [-0.15, -0.1) is 0 Å². The number of carbonyl (C=O) groups is 2. The van der Waals surface area contributed by atoms with E-state index in [1.54, 1.807) is 60.0 Å². The van der Waals surface area contributed by atoms with Crippen LogP contribution in [0.1, 0.15) is 13.8 Å². The lowest BCUT2D eigenvalue weighted by Gasteiger charge is -2.36. The first kappa shape index (κ1) is 24.8. The first-order chi connectivity index (χ1) is 15.2. The maximum atomic E-state index is 12.8. The number of hydrogen-bond donors (Lipinski definition) is 0. The third-order valence-corrected chi connectivity index (χ3v) is 6.05. The minimum Gasteiger partial charge on any atom is -0.479 e. The van der Waals surface area contributed by atoms with E-state index in [1.165, 1.54) is 0 Å². The van der Waals surface area contributed by atoms with E-state index >= 15 is 0 Å². The summed E-state index contributed by atoms with van der Waals surface area (Å²) in [6.07, 6.45) is -1.46. The summed E-state index contributed by atoms with van der Waals surface area (Å²) in [7, 11) is 0. The summed E-state index contributed by atoms with van der Waals surface area (Å²) in [5, 5.41) is 1.64. The molecular weight excluding hydrogens is 498 g/mol. The van der Waals surface area contributed by atoms with Crippen molar-refractivity contribution in [1.82, 2.24) is 9.80 Å². The Morgan fingerprint density at radius 3 is 1.38 bits per heavy atom. The van der Waals surface area contributed by atoms with E-state index in [9.17, 15) is 9.59 Å². The molecule has 32 heavy (non-hydrogen) atoms. The average Bonchev–Trinajstić information content (AvgIpc) is 2.76. The number of carbonyl (C=O) groups excluding carboxylic acids is 2. The molecule has 0 spiro atoms. The van der Waals surface area contributed by atoms with Crippen molar-refractivity contribution in [2.75, 3.05) is 26.2 Å². The zero-order valence-electron chi connectivity index (χ0n) is 17.5. The quantitative estimate of drug-likeness (QED) is 0.526. The van der Waals surface area contributed by atoms with Crippen molar-refractivity contribution in [1.29, 1.82) is 0 Å². The molecule has 0 N–H and O–H groups in total. The Labute approximate surface area is 206 Å². The lowest BCUT2D eigenvalue weighted by molar-refractivity contribution is -0.146. The monoisotopic (exact) mass is 518 g/mol. The highest BCUT2D eigenvalue weighted by molar-refractivity contribution is 6.36. The number of amides is 2. The maximum Gasteiger partial charge on any atom is 0.263 e. The smallest absolute Gasteiger partial charge is 0.263 e. The summed E-state index contributed by atoms with van der Waals surface area (Å²) in [5.41, 5.74) is 0. The van der Waals surface area contributed by atoms with Gasteiger partial charge >= 0.3 is 0 Å². The first-order valence-electron chi connectivity index (χ1n) is 9.96. The lowest BCUT2D eigenvalue weighted by Crippen LogP contribution is -2.55. The van der Waals surface area contributed by atoms with E-state index in [4.69, 9.17) is 55.9 Å². The third-order valence-electron chi connectivity index (χ3n) is 4.99. The molecule has 1 heterocycles. The van der Waals surface area contributed by atoms with Gasteiger partial charge in [-0.2, -0.15) is 0 Å². The molecule has 0 saturated carbocycles. The van der Waals surface area contributed by atoms with Crippen LogP contribution in [0.25, 0.3) is 0 Å². The van der Waals surface area contributed by atoms with Gasteiger partial charge in [0.05, 0.1) is 10.0 Å². The predicted molar refractivity (Wildman–Crippen MR) is 126 cm³/mol. The molecule has 0 radical (unpaired) electrons. The van der Waals surface area contributed by atoms with Crippen LogP contribution in [0.4, 0.5) is 0 Å². The fourth-order valence-electron chi connectivity index (χ4n) is 3.28. The van der Waals surface area contributed by atoms with Crippen LogP contribution in [0, 0.1) is 0 Å². The van der Waals surface area contributed by atoms with Crippen molar-refractivity contribution in [2.24, 2.45) is 0 Å². The van der Waals surface area contributed by atoms with Crippen molar-refractivity contribution < 1.29 is 19.1 Å². The molecule has 2 aromatic rings. The van der Waals surface area contributed by atoms with E-state index in [0.717, 1.165) is 0 Å². The van der Waals surface area contributed by atoms with Crippen LogP contribution in [-0.2, 0) is 9.59 Å². The number of rotatable bonds is 6. The van der Waals surface area contributed by atoms with Gasteiger partial charge in [0.2, 0.25) is 0 Å². The Bertz CT molecular complexity index is 916. The lowest BCUT2D eigenvalue weighted by atomic mass is 10.2. The summed E-state index contributed by atoms with van der Waals surface area (Å²) >= 11 is 24.0. The largest absolute Gasteiger partial charge is 0.479 e. The van der Waals surface area contributed by atoms with Gasteiger partial charge in [-0.1, -0.05) is 46.4 Å². The normalized spacial score (nSPS) is 15.8. The molecule has 6 nitrogen and oxygen atoms in total. The van der Waals surface area contributed by atoms with Crippen molar-refractivity contribution >= 4 is 58.2 Å². The van der Waals surface area contributed by atoms with Crippen LogP contribution in [-0.4, -0.2) is 60.0 Å². The number of hydrogen-bond acceptors (Lipinski definition) is 4. The van der Waals surface area contributed by atoms with Gasteiger partial charge in [-0.3, -0.25) is 9.59 Å². The van der Waals surface area contributed by atoms with Crippen LogP contribution in [0.3, 0.4) is 0 Å². The van der Waals surface area contributed by atoms with Gasteiger partial charge in [0.15, 0.2) is 12.2 Å². The third kappa shape index (κ3) is 6.13. The molecular formula is C22H22Cl4N2O4. The molecule has 2 atom stereocenters.